The summed E-state index contributed by atoms with van der Waals surface area (Å²) in [5.41, 5.74) is 1.27. The summed E-state index contributed by atoms with van der Waals surface area (Å²) in [4.78, 5) is 17.0. The van der Waals surface area contributed by atoms with Crippen molar-refractivity contribution < 1.29 is 9.32 Å². The molecule has 2 aromatic heterocycles. The van der Waals surface area contributed by atoms with Gasteiger partial charge in [-0.15, -0.1) is 11.3 Å². The molecule has 0 spiro atoms. The fourth-order valence-corrected chi connectivity index (χ4v) is 3.53. The molecule has 0 aliphatic carbocycles. The van der Waals surface area contributed by atoms with Crippen LogP contribution in [0.5, 0.6) is 0 Å². The monoisotopic (exact) mass is 355 g/mol. The minimum atomic E-state index is -0.0877. The maximum absolute atomic E-state index is 12.3. The first-order valence-electron chi connectivity index (χ1n) is 8.21. The zero-order valence-electron chi connectivity index (χ0n) is 14.1. The number of benzene rings is 1. The first-order chi connectivity index (χ1) is 12.2. The molecule has 6 heteroatoms. The van der Waals surface area contributed by atoms with Gasteiger partial charge in [-0.05, 0) is 31.0 Å². The molecule has 2 heterocycles. The van der Waals surface area contributed by atoms with E-state index in [1.54, 1.807) is 17.4 Å². The summed E-state index contributed by atoms with van der Waals surface area (Å²) in [6.07, 6.45) is 2.35. The van der Waals surface area contributed by atoms with Gasteiger partial charge in [0.2, 0.25) is 5.91 Å². The van der Waals surface area contributed by atoms with Crippen LogP contribution in [0.2, 0.25) is 0 Å². The Morgan fingerprint density at radius 2 is 2.04 bits per heavy atom. The van der Waals surface area contributed by atoms with Crippen LogP contribution in [-0.2, 0) is 17.8 Å². The number of nitrogens with zero attached hydrogens (tertiary/aromatic N) is 2. The molecule has 0 aliphatic heterocycles. The molecule has 130 valence electrons. The zero-order valence-corrected chi connectivity index (χ0v) is 15.0. The number of rotatable bonds is 8. The average molecular weight is 355 g/mol. The lowest BCUT2D eigenvalue weighted by atomic mass is 10.1. The van der Waals surface area contributed by atoms with Gasteiger partial charge in [-0.25, -0.2) is 0 Å². The van der Waals surface area contributed by atoms with Gasteiger partial charge in [0, 0.05) is 28.9 Å². The van der Waals surface area contributed by atoms with Gasteiger partial charge in [0.15, 0.2) is 5.82 Å². The summed E-state index contributed by atoms with van der Waals surface area (Å²) < 4.78 is 4.75. The van der Waals surface area contributed by atoms with E-state index in [-0.39, 0.29) is 5.91 Å². The summed E-state index contributed by atoms with van der Waals surface area (Å²) in [6.45, 7) is 3.99. The molecule has 0 aliphatic rings. The summed E-state index contributed by atoms with van der Waals surface area (Å²) in [5, 5.41) is 6.48. The van der Waals surface area contributed by atoms with Crippen molar-refractivity contribution in [1.29, 1.82) is 0 Å². The van der Waals surface area contributed by atoms with Crippen molar-refractivity contribution in [2.24, 2.45) is 0 Å². The highest BCUT2D eigenvalue weighted by atomic mass is 32.1. The van der Waals surface area contributed by atoms with E-state index in [0.29, 0.717) is 12.4 Å². The van der Waals surface area contributed by atoms with Gasteiger partial charge >= 0.3 is 0 Å². The van der Waals surface area contributed by atoms with Crippen LogP contribution in [0.25, 0.3) is 0 Å². The minimum absolute atomic E-state index is 0.0877. The fourth-order valence-electron chi connectivity index (χ4n) is 2.60. The molecule has 0 fully saturated rings. The van der Waals surface area contributed by atoms with Crippen LogP contribution in [0, 0.1) is 6.92 Å². The van der Waals surface area contributed by atoms with Gasteiger partial charge in [0.05, 0.1) is 6.54 Å². The van der Waals surface area contributed by atoms with Crippen molar-refractivity contribution >= 4 is 23.1 Å². The molecule has 3 aromatic rings. The third-order valence-electron chi connectivity index (χ3n) is 3.81. The average Bonchev–Trinajstić information content (AvgIpc) is 3.25. The van der Waals surface area contributed by atoms with Crippen LogP contribution in [0.1, 0.15) is 15.3 Å². The van der Waals surface area contributed by atoms with E-state index in [0.717, 1.165) is 19.5 Å². The van der Waals surface area contributed by atoms with Crippen molar-refractivity contribution in [3.63, 3.8) is 0 Å². The molecule has 1 aromatic carbocycles. The third-order valence-corrected chi connectivity index (χ3v) is 4.79. The van der Waals surface area contributed by atoms with E-state index >= 15 is 0 Å². The first kappa shape index (κ1) is 17.4. The number of amides is 1. The molecular formula is C19H21N3O2S. The highest BCUT2D eigenvalue weighted by molar-refractivity contribution is 7.11. The highest BCUT2D eigenvalue weighted by Gasteiger charge is 2.13. The van der Waals surface area contributed by atoms with E-state index in [1.165, 1.54) is 21.6 Å². The number of carbonyl (C=O) groups excluding carboxylic acids is 1. The number of anilines is 1. The Morgan fingerprint density at radius 3 is 2.72 bits per heavy atom. The van der Waals surface area contributed by atoms with Gasteiger partial charge in [-0.2, -0.15) is 0 Å². The first-order valence-corrected chi connectivity index (χ1v) is 9.02. The molecular weight excluding hydrogens is 334 g/mol. The van der Waals surface area contributed by atoms with Crippen LogP contribution >= 0.6 is 11.3 Å². The molecule has 0 atom stereocenters. The predicted molar refractivity (Wildman–Crippen MR) is 99.6 cm³/mol. The van der Waals surface area contributed by atoms with Crippen molar-refractivity contribution in [3.8, 4) is 0 Å². The lowest BCUT2D eigenvalue weighted by molar-refractivity contribution is -0.117. The van der Waals surface area contributed by atoms with E-state index in [9.17, 15) is 4.79 Å². The van der Waals surface area contributed by atoms with Crippen molar-refractivity contribution in [1.82, 2.24) is 10.1 Å². The maximum atomic E-state index is 12.3. The van der Waals surface area contributed by atoms with E-state index in [1.807, 2.05) is 18.2 Å². The van der Waals surface area contributed by atoms with Crippen molar-refractivity contribution in [2.75, 3.05) is 18.4 Å². The number of hydrogen-bond acceptors (Lipinski definition) is 5. The predicted octanol–water partition coefficient (Wildman–Crippen LogP) is 3.73. The molecule has 0 unspecified atom stereocenters. The smallest absolute Gasteiger partial charge is 0.239 e. The number of thiophene rings is 1. The SMILES string of the molecule is Cc1ccc(CN(CCc2ccccc2)CC(=O)Nc2ccon2)s1. The largest absolute Gasteiger partial charge is 0.363 e. The molecule has 0 radical (unpaired) electrons. The van der Waals surface area contributed by atoms with Crippen LogP contribution in [0.3, 0.4) is 0 Å². The molecule has 0 saturated carbocycles. The van der Waals surface area contributed by atoms with Crippen molar-refractivity contribution in [3.05, 3.63) is 70.1 Å². The second-order valence-corrected chi connectivity index (χ2v) is 7.26. The second kappa shape index (κ2) is 8.60. The highest BCUT2D eigenvalue weighted by Crippen LogP contribution is 2.17. The molecule has 25 heavy (non-hydrogen) atoms. The van der Waals surface area contributed by atoms with Crippen LogP contribution < -0.4 is 5.32 Å². The molecule has 0 bridgehead atoms. The van der Waals surface area contributed by atoms with Gasteiger partial charge in [-0.3, -0.25) is 9.69 Å². The Balaban J connectivity index is 1.61. The summed E-state index contributed by atoms with van der Waals surface area (Å²) in [5.74, 6) is 0.357. The fraction of sp³-hybridized carbons (Fsp3) is 0.263. The Labute approximate surface area is 151 Å². The number of nitrogens with one attached hydrogen (secondary N) is 1. The molecule has 1 N–H and O–H groups in total. The molecule has 5 nitrogen and oxygen atoms in total. The number of aromatic nitrogens is 1. The number of aryl methyl sites for hydroxylation is 1. The van der Waals surface area contributed by atoms with E-state index in [4.69, 9.17) is 4.52 Å². The van der Waals surface area contributed by atoms with Crippen LogP contribution in [0.4, 0.5) is 5.82 Å². The topological polar surface area (TPSA) is 58.4 Å². The van der Waals surface area contributed by atoms with Gasteiger partial charge < -0.3 is 9.84 Å². The van der Waals surface area contributed by atoms with Crippen LogP contribution in [-0.4, -0.2) is 29.1 Å². The standard InChI is InChI=1S/C19H21N3O2S/c1-15-7-8-17(25-15)13-22(11-9-16-5-3-2-4-6-16)14-19(23)20-18-10-12-24-21-18/h2-8,10,12H,9,11,13-14H2,1H3,(H,20,21,23). The maximum Gasteiger partial charge on any atom is 0.239 e. The van der Waals surface area contributed by atoms with Gasteiger partial charge in [0.25, 0.3) is 0 Å². The zero-order chi connectivity index (χ0) is 17.5. The lowest BCUT2D eigenvalue weighted by Crippen LogP contribution is -2.34. The normalized spacial score (nSPS) is 11.0. The Hall–Kier alpha value is -2.44. The van der Waals surface area contributed by atoms with Gasteiger partial charge in [-0.1, -0.05) is 35.5 Å². The number of carbonyl (C=O) groups is 1. The molecule has 3 rings (SSSR count). The second-order valence-electron chi connectivity index (χ2n) is 5.89. The van der Waals surface area contributed by atoms with Gasteiger partial charge in [0.1, 0.15) is 6.26 Å². The minimum Gasteiger partial charge on any atom is -0.363 e. The van der Waals surface area contributed by atoms with E-state index < -0.39 is 0 Å². The Bertz CT molecular complexity index is 784. The summed E-state index contributed by atoms with van der Waals surface area (Å²) in [7, 11) is 0. The number of hydrogen-bond donors (Lipinski definition) is 1. The Kier molecular flexibility index (Phi) is 5.98. The summed E-state index contributed by atoms with van der Waals surface area (Å²) >= 11 is 1.77. The van der Waals surface area contributed by atoms with Crippen molar-refractivity contribution in [2.45, 2.75) is 19.9 Å². The van der Waals surface area contributed by atoms with Crippen LogP contribution in [0.15, 0.2) is 59.3 Å². The lowest BCUT2D eigenvalue weighted by Gasteiger charge is -2.21. The molecule has 0 saturated heterocycles. The summed E-state index contributed by atoms with van der Waals surface area (Å²) in [6, 6.07) is 16.2. The quantitative estimate of drug-likeness (QED) is 0.669. The third kappa shape index (κ3) is 5.55. The van der Waals surface area contributed by atoms with E-state index in [2.05, 4.69) is 46.6 Å². The molecule has 1 amide bonds. The Morgan fingerprint density at radius 1 is 1.20 bits per heavy atom.